The van der Waals surface area contributed by atoms with E-state index >= 15 is 0 Å². The standard InChI is InChI=1S/C19H25ClN2O/c1-2-19(23)21-13-11-16-9-10-17(14-21)22(16)12-5-7-15-6-3-4-8-18(15)20/h3-8,16-17H,2,9-14H2,1H3/b7-5+. The molecule has 2 atom stereocenters. The third-order valence-corrected chi connectivity index (χ3v) is 5.45. The number of carbonyl (C=O) groups is 1. The Kier molecular flexibility index (Phi) is 5.39. The second kappa shape index (κ2) is 7.50. The second-order valence-corrected chi connectivity index (χ2v) is 6.89. The van der Waals surface area contributed by atoms with Gasteiger partial charge in [-0.25, -0.2) is 0 Å². The van der Waals surface area contributed by atoms with Gasteiger partial charge in [-0.3, -0.25) is 9.69 Å². The fourth-order valence-corrected chi connectivity index (χ4v) is 4.03. The van der Waals surface area contributed by atoms with Crippen LogP contribution in [-0.2, 0) is 4.79 Å². The Morgan fingerprint density at radius 2 is 2.04 bits per heavy atom. The van der Waals surface area contributed by atoms with E-state index < -0.39 is 0 Å². The minimum atomic E-state index is 0.295. The smallest absolute Gasteiger partial charge is 0.222 e. The fraction of sp³-hybridized carbons (Fsp3) is 0.526. The molecule has 2 aliphatic heterocycles. The van der Waals surface area contributed by atoms with Gasteiger partial charge in [-0.1, -0.05) is 48.9 Å². The summed E-state index contributed by atoms with van der Waals surface area (Å²) in [6.45, 7) is 4.70. The first-order valence-electron chi connectivity index (χ1n) is 8.63. The molecule has 2 saturated heterocycles. The maximum absolute atomic E-state index is 12.0. The molecule has 0 aliphatic carbocycles. The van der Waals surface area contributed by atoms with E-state index in [0.29, 0.717) is 24.4 Å². The molecule has 2 aliphatic rings. The van der Waals surface area contributed by atoms with Gasteiger partial charge >= 0.3 is 0 Å². The maximum Gasteiger partial charge on any atom is 0.222 e. The van der Waals surface area contributed by atoms with E-state index in [9.17, 15) is 4.79 Å². The summed E-state index contributed by atoms with van der Waals surface area (Å²) in [6, 6.07) is 9.05. The van der Waals surface area contributed by atoms with Crippen molar-refractivity contribution in [2.75, 3.05) is 19.6 Å². The lowest BCUT2D eigenvalue weighted by atomic mass is 10.1. The molecule has 0 spiro atoms. The summed E-state index contributed by atoms with van der Waals surface area (Å²) >= 11 is 6.20. The highest BCUT2D eigenvalue weighted by Crippen LogP contribution is 2.30. The van der Waals surface area contributed by atoms with Gasteiger partial charge in [-0.15, -0.1) is 0 Å². The van der Waals surface area contributed by atoms with Crippen molar-refractivity contribution >= 4 is 23.6 Å². The first-order chi connectivity index (χ1) is 11.2. The predicted molar refractivity (Wildman–Crippen MR) is 95.5 cm³/mol. The van der Waals surface area contributed by atoms with E-state index in [-0.39, 0.29) is 0 Å². The largest absolute Gasteiger partial charge is 0.341 e. The van der Waals surface area contributed by atoms with Gasteiger partial charge < -0.3 is 4.90 Å². The Morgan fingerprint density at radius 3 is 2.83 bits per heavy atom. The first kappa shape index (κ1) is 16.5. The molecule has 3 rings (SSSR count). The second-order valence-electron chi connectivity index (χ2n) is 6.49. The van der Waals surface area contributed by atoms with Gasteiger partial charge in [0.2, 0.25) is 5.91 Å². The third-order valence-electron chi connectivity index (χ3n) is 5.11. The van der Waals surface area contributed by atoms with E-state index in [1.54, 1.807) is 0 Å². The molecule has 0 N–H and O–H groups in total. The molecule has 1 aromatic rings. The molecule has 2 heterocycles. The molecule has 2 fully saturated rings. The SMILES string of the molecule is CCC(=O)N1CCC2CCC(C1)N2C/C=C/c1ccccc1Cl. The van der Waals surface area contributed by atoms with E-state index in [1.165, 1.54) is 12.8 Å². The summed E-state index contributed by atoms with van der Waals surface area (Å²) < 4.78 is 0. The number of hydrogen-bond acceptors (Lipinski definition) is 2. The fourth-order valence-electron chi connectivity index (χ4n) is 3.83. The highest BCUT2D eigenvalue weighted by molar-refractivity contribution is 6.32. The van der Waals surface area contributed by atoms with Crippen LogP contribution in [0.25, 0.3) is 6.08 Å². The molecule has 23 heavy (non-hydrogen) atoms. The lowest BCUT2D eigenvalue weighted by molar-refractivity contribution is -0.131. The number of likely N-dealkylation sites (tertiary alicyclic amines) is 1. The van der Waals surface area contributed by atoms with Crippen LogP contribution in [0.2, 0.25) is 5.02 Å². The molecule has 1 amide bonds. The zero-order valence-electron chi connectivity index (χ0n) is 13.7. The quantitative estimate of drug-likeness (QED) is 0.836. The topological polar surface area (TPSA) is 23.6 Å². The van der Waals surface area contributed by atoms with Crippen molar-refractivity contribution in [3.8, 4) is 0 Å². The molecule has 2 bridgehead atoms. The summed E-state index contributed by atoms with van der Waals surface area (Å²) in [5, 5.41) is 0.794. The van der Waals surface area contributed by atoms with Crippen LogP contribution in [0.1, 0.15) is 38.2 Å². The van der Waals surface area contributed by atoms with Gasteiger partial charge in [0.05, 0.1) is 0 Å². The van der Waals surface area contributed by atoms with Crippen molar-refractivity contribution in [1.29, 1.82) is 0 Å². The Bertz CT molecular complexity index is 586. The molecule has 1 aromatic carbocycles. The lowest BCUT2D eigenvalue weighted by Crippen LogP contribution is -2.41. The van der Waals surface area contributed by atoms with Crippen LogP contribution >= 0.6 is 11.6 Å². The summed E-state index contributed by atoms with van der Waals surface area (Å²) in [6.07, 6.45) is 8.51. The number of fused-ring (bicyclic) bond motifs is 2. The van der Waals surface area contributed by atoms with Crippen molar-refractivity contribution in [2.45, 2.75) is 44.7 Å². The predicted octanol–water partition coefficient (Wildman–Crippen LogP) is 3.83. The van der Waals surface area contributed by atoms with Gasteiger partial charge in [0.25, 0.3) is 0 Å². The van der Waals surface area contributed by atoms with Crippen molar-refractivity contribution < 1.29 is 4.79 Å². The summed E-state index contributed by atoms with van der Waals surface area (Å²) in [5.41, 5.74) is 1.07. The van der Waals surface area contributed by atoms with Crippen molar-refractivity contribution in [3.05, 3.63) is 40.9 Å². The zero-order valence-corrected chi connectivity index (χ0v) is 14.5. The molecular weight excluding hydrogens is 308 g/mol. The summed E-state index contributed by atoms with van der Waals surface area (Å²) in [4.78, 5) is 16.7. The first-order valence-corrected chi connectivity index (χ1v) is 9.01. The Labute approximate surface area is 143 Å². The van der Waals surface area contributed by atoms with Crippen molar-refractivity contribution in [2.24, 2.45) is 0 Å². The van der Waals surface area contributed by atoms with Crippen LogP contribution in [0.4, 0.5) is 0 Å². The molecule has 0 saturated carbocycles. The Morgan fingerprint density at radius 1 is 1.26 bits per heavy atom. The number of nitrogens with zero attached hydrogens (tertiary/aromatic N) is 2. The van der Waals surface area contributed by atoms with E-state index in [2.05, 4.69) is 22.0 Å². The number of halogens is 1. The summed E-state index contributed by atoms with van der Waals surface area (Å²) in [5.74, 6) is 0.295. The van der Waals surface area contributed by atoms with Crippen LogP contribution in [0, 0.1) is 0 Å². The molecule has 4 heteroatoms. The monoisotopic (exact) mass is 332 g/mol. The molecule has 0 radical (unpaired) electrons. The maximum atomic E-state index is 12.0. The average Bonchev–Trinajstić information content (AvgIpc) is 2.82. The van der Waals surface area contributed by atoms with E-state index in [0.717, 1.165) is 36.6 Å². The molecule has 2 unspecified atom stereocenters. The Hall–Kier alpha value is -1.32. The average molecular weight is 333 g/mol. The minimum absolute atomic E-state index is 0.295. The number of amides is 1. The number of rotatable bonds is 4. The summed E-state index contributed by atoms with van der Waals surface area (Å²) in [7, 11) is 0. The van der Waals surface area contributed by atoms with Gasteiger partial charge in [-0.2, -0.15) is 0 Å². The Balaban J connectivity index is 1.64. The zero-order chi connectivity index (χ0) is 16.2. The molecule has 0 aromatic heterocycles. The van der Waals surface area contributed by atoms with Crippen LogP contribution < -0.4 is 0 Å². The van der Waals surface area contributed by atoms with Crippen LogP contribution in [0.15, 0.2) is 30.3 Å². The third kappa shape index (κ3) is 3.78. The van der Waals surface area contributed by atoms with Gasteiger partial charge in [-0.05, 0) is 30.9 Å². The molecular formula is C19H25ClN2O. The number of benzene rings is 1. The number of carbonyl (C=O) groups excluding carboxylic acids is 1. The lowest BCUT2D eigenvalue weighted by Gasteiger charge is -2.27. The van der Waals surface area contributed by atoms with Crippen LogP contribution in [0.3, 0.4) is 0 Å². The minimum Gasteiger partial charge on any atom is -0.341 e. The van der Waals surface area contributed by atoms with E-state index in [1.807, 2.05) is 31.2 Å². The van der Waals surface area contributed by atoms with Crippen molar-refractivity contribution in [1.82, 2.24) is 9.80 Å². The normalized spacial score (nSPS) is 25.0. The van der Waals surface area contributed by atoms with Gasteiger partial charge in [0, 0.05) is 43.2 Å². The van der Waals surface area contributed by atoms with Crippen LogP contribution in [0.5, 0.6) is 0 Å². The van der Waals surface area contributed by atoms with Crippen molar-refractivity contribution in [3.63, 3.8) is 0 Å². The highest BCUT2D eigenvalue weighted by Gasteiger charge is 2.37. The highest BCUT2D eigenvalue weighted by atomic mass is 35.5. The molecule has 124 valence electrons. The van der Waals surface area contributed by atoms with Crippen LogP contribution in [-0.4, -0.2) is 47.4 Å². The van der Waals surface area contributed by atoms with E-state index in [4.69, 9.17) is 11.6 Å². The van der Waals surface area contributed by atoms with Gasteiger partial charge in [0.1, 0.15) is 0 Å². The number of hydrogen-bond donors (Lipinski definition) is 0. The molecule has 3 nitrogen and oxygen atoms in total. The van der Waals surface area contributed by atoms with Gasteiger partial charge in [0.15, 0.2) is 0 Å².